The number of aromatic nitrogens is 1. The van der Waals surface area contributed by atoms with Crippen molar-refractivity contribution in [3.8, 4) is 0 Å². The molecule has 1 aliphatic rings. The highest BCUT2D eigenvalue weighted by atomic mass is 19.4. The zero-order valence-electron chi connectivity index (χ0n) is 17.0. The lowest BCUT2D eigenvalue weighted by atomic mass is 10.1. The Labute approximate surface area is 177 Å². The number of hydrogen-bond donors (Lipinski definition) is 1. The summed E-state index contributed by atoms with van der Waals surface area (Å²) in [5, 5.41) is 2.36. The molecule has 1 aromatic carbocycles. The summed E-state index contributed by atoms with van der Waals surface area (Å²) in [6.45, 7) is 4.31. The monoisotopic (exact) mass is 436 g/mol. The molecular weight excluding hydrogens is 413 g/mol. The smallest absolute Gasteiger partial charge is 0.418 e. The molecule has 1 N–H and O–H groups in total. The maximum Gasteiger partial charge on any atom is 0.418 e. The molecule has 1 aromatic heterocycles. The lowest BCUT2D eigenvalue weighted by Crippen LogP contribution is -2.49. The van der Waals surface area contributed by atoms with Crippen LogP contribution in [0.4, 0.5) is 24.7 Å². The molecule has 166 valence electrons. The summed E-state index contributed by atoms with van der Waals surface area (Å²) >= 11 is 0. The first-order chi connectivity index (χ1) is 14.8. The highest BCUT2D eigenvalue weighted by Gasteiger charge is 2.33. The van der Waals surface area contributed by atoms with Crippen LogP contribution >= 0.6 is 0 Å². The Bertz CT molecular complexity index is 911. The standard InChI is InChI=1S/C21H23F3N4O3/c1-2-31-20(30)15-7-8-18(25-13-15)28-11-9-27(10-12-28)14-19(29)26-17-6-4-3-5-16(17)21(22,23)24/h3-8,13H,2,9-12,14H2,1H3,(H,26,29). The van der Waals surface area contributed by atoms with Crippen molar-refractivity contribution in [2.24, 2.45) is 0 Å². The lowest BCUT2D eigenvalue weighted by molar-refractivity contribution is -0.137. The van der Waals surface area contributed by atoms with Gasteiger partial charge in [0, 0.05) is 32.4 Å². The molecule has 0 atom stereocenters. The lowest BCUT2D eigenvalue weighted by Gasteiger charge is -2.35. The summed E-state index contributed by atoms with van der Waals surface area (Å²) in [6, 6.07) is 8.30. The van der Waals surface area contributed by atoms with Gasteiger partial charge in [-0.25, -0.2) is 9.78 Å². The molecule has 7 nitrogen and oxygen atoms in total. The third-order valence-corrected chi connectivity index (χ3v) is 4.83. The quantitative estimate of drug-likeness (QED) is 0.702. The van der Waals surface area contributed by atoms with E-state index in [1.807, 2.05) is 9.80 Å². The van der Waals surface area contributed by atoms with Crippen LogP contribution in [0.15, 0.2) is 42.6 Å². The number of carbonyl (C=O) groups excluding carboxylic acids is 2. The van der Waals surface area contributed by atoms with Crippen molar-refractivity contribution in [3.05, 3.63) is 53.7 Å². The summed E-state index contributed by atoms with van der Waals surface area (Å²) in [5.41, 5.74) is -0.741. The Hall–Kier alpha value is -3.14. The second-order valence-corrected chi connectivity index (χ2v) is 6.98. The van der Waals surface area contributed by atoms with Crippen LogP contribution in [0.5, 0.6) is 0 Å². The zero-order valence-corrected chi connectivity index (χ0v) is 17.0. The van der Waals surface area contributed by atoms with Gasteiger partial charge in [0.1, 0.15) is 5.82 Å². The number of rotatable bonds is 6. The first-order valence-electron chi connectivity index (χ1n) is 9.84. The van der Waals surface area contributed by atoms with Crippen LogP contribution in [0.1, 0.15) is 22.8 Å². The summed E-state index contributed by atoms with van der Waals surface area (Å²) in [5.74, 6) is -0.220. The molecule has 31 heavy (non-hydrogen) atoms. The summed E-state index contributed by atoms with van der Waals surface area (Å²) in [6.07, 6.45) is -3.07. The van der Waals surface area contributed by atoms with Crippen LogP contribution in [0.2, 0.25) is 0 Å². The van der Waals surface area contributed by atoms with E-state index in [1.54, 1.807) is 19.1 Å². The van der Waals surface area contributed by atoms with Gasteiger partial charge in [-0.15, -0.1) is 0 Å². The number of ether oxygens (including phenoxy) is 1. The molecule has 2 heterocycles. The van der Waals surface area contributed by atoms with Crippen molar-refractivity contribution in [2.75, 3.05) is 49.5 Å². The van der Waals surface area contributed by atoms with Gasteiger partial charge >= 0.3 is 12.1 Å². The number of nitrogens with zero attached hydrogens (tertiary/aromatic N) is 3. The number of alkyl halides is 3. The number of nitrogens with one attached hydrogen (secondary N) is 1. The van der Waals surface area contributed by atoms with E-state index >= 15 is 0 Å². The van der Waals surface area contributed by atoms with Gasteiger partial charge in [0.15, 0.2) is 0 Å². The fourth-order valence-electron chi connectivity index (χ4n) is 3.28. The normalized spacial score (nSPS) is 14.9. The van der Waals surface area contributed by atoms with Crippen molar-refractivity contribution >= 4 is 23.4 Å². The number of para-hydroxylation sites is 1. The second-order valence-electron chi connectivity index (χ2n) is 6.98. The van der Waals surface area contributed by atoms with Crippen LogP contribution in [0, 0.1) is 0 Å². The number of carbonyl (C=O) groups is 2. The number of pyridine rings is 1. The Kier molecular flexibility index (Phi) is 7.11. The maximum absolute atomic E-state index is 13.1. The molecule has 2 aromatic rings. The van der Waals surface area contributed by atoms with Gasteiger partial charge in [-0.05, 0) is 31.2 Å². The molecule has 1 amide bonds. The molecule has 0 unspecified atom stereocenters. The third kappa shape index (κ3) is 5.94. The van der Waals surface area contributed by atoms with E-state index in [-0.39, 0.29) is 18.8 Å². The Morgan fingerprint density at radius 3 is 2.42 bits per heavy atom. The van der Waals surface area contributed by atoms with Crippen LogP contribution in [-0.2, 0) is 15.7 Å². The van der Waals surface area contributed by atoms with Crippen molar-refractivity contribution in [1.29, 1.82) is 0 Å². The SMILES string of the molecule is CCOC(=O)c1ccc(N2CCN(CC(=O)Nc3ccccc3C(F)(F)F)CC2)nc1. The van der Waals surface area contributed by atoms with Crippen molar-refractivity contribution in [2.45, 2.75) is 13.1 Å². The number of amides is 1. The molecule has 0 bridgehead atoms. The highest BCUT2D eigenvalue weighted by molar-refractivity contribution is 5.93. The number of anilines is 2. The van der Waals surface area contributed by atoms with E-state index in [0.29, 0.717) is 37.6 Å². The summed E-state index contributed by atoms with van der Waals surface area (Å²) in [7, 11) is 0. The molecule has 10 heteroatoms. The maximum atomic E-state index is 13.1. The molecule has 0 aliphatic carbocycles. The highest BCUT2D eigenvalue weighted by Crippen LogP contribution is 2.34. The molecular formula is C21H23F3N4O3. The Balaban J connectivity index is 1.51. The molecule has 1 fully saturated rings. The van der Waals surface area contributed by atoms with Crippen LogP contribution in [0.3, 0.4) is 0 Å². The van der Waals surface area contributed by atoms with E-state index in [0.717, 1.165) is 6.07 Å². The zero-order chi connectivity index (χ0) is 22.4. The molecule has 1 aliphatic heterocycles. The summed E-state index contributed by atoms with van der Waals surface area (Å²) in [4.78, 5) is 32.2. The van der Waals surface area contributed by atoms with Gasteiger partial charge in [-0.1, -0.05) is 12.1 Å². The number of halogens is 3. The number of hydrogen-bond acceptors (Lipinski definition) is 6. The predicted molar refractivity (Wildman–Crippen MR) is 109 cm³/mol. The second kappa shape index (κ2) is 9.78. The minimum Gasteiger partial charge on any atom is -0.462 e. The largest absolute Gasteiger partial charge is 0.462 e. The Morgan fingerprint density at radius 1 is 1.10 bits per heavy atom. The fourth-order valence-corrected chi connectivity index (χ4v) is 3.28. The van der Waals surface area contributed by atoms with Crippen molar-refractivity contribution < 1.29 is 27.5 Å². The van der Waals surface area contributed by atoms with E-state index in [2.05, 4.69) is 10.3 Å². The van der Waals surface area contributed by atoms with Crippen molar-refractivity contribution in [3.63, 3.8) is 0 Å². The molecule has 1 saturated heterocycles. The van der Waals surface area contributed by atoms with Gasteiger partial charge in [-0.2, -0.15) is 13.2 Å². The summed E-state index contributed by atoms with van der Waals surface area (Å²) < 4.78 is 44.1. The average molecular weight is 436 g/mol. The number of benzene rings is 1. The minimum absolute atomic E-state index is 0.00471. The van der Waals surface area contributed by atoms with Crippen LogP contribution < -0.4 is 10.2 Å². The molecule has 0 saturated carbocycles. The molecule has 0 spiro atoms. The fraction of sp³-hybridized carbons (Fsp3) is 0.381. The van der Waals surface area contributed by atoms with Gasteiger partial charge in [0.25, 0.3) is 0 Å². The van der Waals surface area contributed by atoms with Crippen LogP contribution in [0.25, 0.3) is 0 Å². The van der Waals surface area contributed by atoms with Gasteiger partial charge in [-0.3, -0.25) is 9.69 Å². The number of esters is 1. The Morgan fingerprint density at radius 2 is 1.81 bits per heavy atom. The molecule has 3 rings (SSSR count). The van der Waals surface area contributed by atoms with E-state index < -0.39 is 23.6 Å². The van der Waals surface area contributed by atoms with Gasteiger partial charge < -0.3 is 15.0 Å². The third-order valence-electron chi connectivity index (χ3n) is 4.83. The number of piperazine rings is 1. The van der Waals surface area contributed by atoms with Crippen molar-refractivity contribution in [1.82, 2.24) is 9.88 Å². The predicted octanol–water partition coefficient (Wildman–Crippen LogP) is 3.04. The first-order valence-corrected chi connectivity index (χ1v) is 9.84. The van der Waals surface area contributed by atoms with E-state index in [4.69, 9.17) is 4.74 Å². The van der Waals surface area contributed by atoms with Gasteiger partial charge in [0.2, 0.25) is 5.91 Å². The van der Waals surface area contributed by atoms with Gasteiger partial charge in [0.05, 0.1) is 30.0 Å². The van der Waals surface area contributed by atoms with Crippen LogP contribution in [-0.4, -0.2) is 61.1 Å². The average Bonchev–Trinajstić information content (AvgIpc) is 2.74. The first kappa shape index (κ1) is 22.5. The topological polar surface area (TPSA) is 74.8 Å². The van der Waals surface area contributed by atoms with E-state index in [9.17, 15) is 22.8 Å². The molecule has 0 radical (unpaired) electrons. The minimum atomic E-state index is -4.54. The van der Waals surface area contributed by atoms with E-state index in [1.165, 1.54) is 24.4 Å².